The van der Waals surface area contributed by atoms with Crippen molar-refractivity contribution in [2.45, 2.75) is 31.8 Å². The summed E-state index contributed by atoms with van der Waals surface area (Å²) in [6.07, 6.45) is 7.13. The van der Waals surface area contributed by atoms with Gasteiger partial charge in [-0.2, -0.15) is 5.10 Å². The summed E-state index contributed by atoms with van der Waals surface area (Å²) in [5.41, 5.74) is 5.13. The van der Waals surface area contributed by atoms with Gasteiger partial charge in [0.1, 0.15) is 0 Å². The number of fused-ring (bicyclic) bond motifs is 1. The molecule has 110 valence electrons. The van der Waals surface area contributed by atoms with Gasteiger partial charge in [0.05, 0.1) is 11.7 Å². The second kappa shape index (κ2) is 5.58. The van der Waals surface area contributed by atoms with Gasteiger partial charge in [-0.05, 0) is 38.1 Å². The maximum Gasteiger partial charge on any atom is 0.0972 e. The fourth-order valence-corrected chi connectivity index (χ4v) is 3.47. The van der Waals surface area contributed by atoms with E-state index in [-0.39, 0.29) is 0 Å². The summed E-state index contributed by atoms with van der Waals surface area (Å²) in [6, 6.07) is 4.67. The van der Waals surface area contributed by atoms with Gasteiger partial charge >= 0.3 is 0 Å². The molecule has 5 heteroatoms. The maximum atomic E-state index is 5.01. The van der Waals surface area contributed by atoms with E-state index < -0.39 is 0 Å². The van der Waals surface area contributed by atoms with E-state index in [0.29, 0.717) is 6.04 Å². The first-order valence-corrected chi connectivity index (χ1v) is 7.85. The lowest BCUT2D eigenvalue weighted by Gasteiger charge is -2.26. The number of hydrogen-bond donors (Lipinski definition) is 2. The average molecular weight is 283 g/mol. The van der Waals surface area contributed by atoms with Gasteiger partial charge in [-0.15, -0.1) is 0 Å². The van der Waals surface area contributed by atoms with Crippen LogP contribution in [0, 0.1) is 0 Å². The molecule has 1 saturated heterocycles. The first kappa shape index (κ1) is 13.0. The van der Waals surface area contributed by atoms with E-state index in [9.17, 15) is 0 Å². The van der Waals surface area contributed by atoms with Gasteiger partial charge in [-0.3, -0.25) is 9.67 Å². The Morgan fingerprint density at radius 2 is 1.86 bits per heavy atom. The zero-order chi connectivity index (χ0) is 14.1. The van der Waals surface area contributed by atoms with Crippen molar-refractivity contribution in [1.82, 2.24) is 25.4 Å². The van der Waals surface area contributed by atoms with E-state index >= 15 is 0 Å². The number of pyridine rings is 1. The zero-order valence-corrected chi connectivity index (χ0v) is 12.2. The van der Waals surface area contributed by atoms with Crippen molar-refractivity contribution in [3.8, 4) is 11.3 Å². The van der Waals surface area contributed by atoms with Crippen LogP contribution in [0.2, 0.25) is 0 Å². The molecule has 2 aromatic rings. The third-order valence-electron chi connectivity index (χ3n) is 4.57. The van der Waals surface area contributed by atoms with Gasteiger partial charge in [-0.25, -0.2) is 0 Å². The highest BCUT2D eigenvalue weighted by Crippen LogP contribution is 2.31. The predicted octanol–water partition coefficient (Wildman–Crippen LogP) is 1.52. The molecule has 0 aliphatic carbocycles. The van der Waals surface area contributed by atoms with E-state index in [1.54, 1.807) is 0 Å². The number of nitrogens with zero attached hydrogens (tertiary/aromatic N) is 3. The van der Waals surface area contributed by atoms with Crippen LogP contribution >= 0.6 is 0 Å². The van der Waals surface area contributed by atoms with Gasteiger partial charge in [0.25, 0.3) is 0 Å². The molecule has 5 nitrogen and oxygen atoms in total. The molecule has 4 rings (SSSR count). The van der Waals surface area contributed by atoms with Crippen molar-refractivity contribution in [2.75, 3.05) is 19.6 Å². The highest BCUT2D eigenvalue weighted by atomic mass is 15.3. The Kier molecular flexibility index (Phi) is 3.45. The van der Waals surface area contributed by atoms with Gasteiger partial charge < -0.3 is 10.6 Å². The third kappa shape index (κ3) is 2.36. The zero-order valence-electron chi connectivity index (χ0n) is 12.2. The Hall–Kier alpha value is -1.72. The van der Waals surface area contributed by atoms with Crippen LogP contribution < -0.4 is 10.6 Å². The van der Waals surface area contributed by atoms with E-state index in [1.165, 1.54) is 29.7 Å². The van der Waals surface area contributed by atoms with Crippen LogP contribution in [0.25, 0.3) is 11.3 Å². The van der Waals surface area contributed by atoms with E-state index in [2.05, 4.69) is 32.4 Å². The number of rotatable bonds is 2. The molecule has 2 N–H and O–H groups in total. The number of nitrogens with one attached hydrogen (secondary N) is 2. The van der Waals surface area contributed by atoms with E-state index in [0.717, 1.165) is 38.3 Å². The Labute approximate surface area is 124 Å². The van der Waals surface area contributed by atoms with Gasteiger partial charge in [0.15, 0.2) is 0 Å². The van der Waals surface area contributed by atoms with Crippen molar-refractivity contribution in [3.63, 3.8) is 0 Å². The van der Waals surface area contributed by atoms with Crippen LogP contribution in [-0.2, 0) is 13.0 Å². The molecule has 0 bridgehead atoms. The SMILES string of the molecule is c1cc(-c2nn(C3CCNCC3)c3c2CNCC3)ccn1. The van der Waals surface area contributed by atoms with Gasteiger partial charge in [0.2, 0.25) is 0 Å². The van der Waals surface area contributed by atoms with E-state index in [1.807, 2.05) is 12.4 Å². The summed E-state index contributed by atoms with van der Waals surface area (Å²) in [6.45, 7) is 4.18. The fraction of sp³-hybridized carbons (Fsp3) is 0.500. The molecule has 0 atom stereocenters. The highest BCUT2D eigenvalue weighted by molar-refractivity contribution is 5.64. The molecule has 21 heavy (non-hydrogen) atoms. The molecular weight excluding hydrogens is 262 g/mol. The molecule has 0 amide bonds. The molecule has 1 fully saturated rings. The minimum Gasteiger partial charge on any atom is -0.317 e. The minimum atomic E-state index is 0.550. The summed E-state index contributed by atoms with van der Waals surface area (Å²) in [5.74, 6) is 0. The van der Waals surface area contributed by atoms with Crippen molar-refractivity contribution < 1.29 is 0 Å². The maximum absolute atomic E-state index is 5.01. The third-order valence-corrected chi connectivity index (χ3v) is 4.57. The first-order valence-electron chi connectivity index (χ1n) is 7.85. The standard InChI is InChI=1S/C16H21N5/c1-6-17-7-2-12(1)16-14-11-19-10-5-15(14)21(20-16)13-3-8-18-9-4-13/h1-2,6-7,13,18-19H,3-5,8-11H2. The van der Waals surface area contributed by atoms with Gasteiger partial charge in [0, 0.05) is 48.7 Å². The van der Waals surface area contributed by atoms with Crippen molar-refractivity contribution in [2.24, 2.45) is 0 Å². The Balaban J connectivity index is 1.79. The van der Waals surface area contributed by atoms with Gasteiger partial charge in [-0.1, -0.05) is 0 Å². The summed E-state index contributed by atoms with van der Waals surface area (Å²) in [4.78, 5) is 4.12. The van der Waals surface area contributed by atoms with Crippen molar-refractivity contribution in [1.29, 1.82) is 0 Å². The van der Waals surface area contributed by atoms with E-state index in [4.69, 9.17) is 5.10 Å². The number of hydrogen-bond acceptors (Lipinski definition) is 4. The largest absolute Gasteiger partial charge is 0.317 e. The number of aromatic nitrogens is 3. The topological polar surface area (TPSA) is 54.8 Å². The lowest BCUT2D eigenvalue weighted by molar-refractivity contribution is 0.333. The van der Waals surface area contributed by atoms with Crippen LogP contribution in [0.4, 0.5) is 0 Å². The lowest BCUT2D eigenvalue weighted by atomic mass is 10.0. The molecule has 0 unspecified atom stereocenters. The predicted molar refractivity (Wildman–Crippen MR) is 82.0 cm³/mol. The Morgan fingerprint density at radius 1 is 1.05 bits per heavy atom. The molecule has 0 aromatic carbocycles. The smallest absolute Gasteiger partial charge is 0.0972 e. The van der Waals surface area contributed by atoms with Crippen molar-refractivity contribution >= 4 is 0 Å². The average Bonchev–Trinajstić information content (AvgIpc) is 2.96. The fourth-order valence-electron chi connectivity index (χ4n) is 3.47. The molecule has 2 aromatic heterocycles. The van der Waals surface area contributed by atoms with Crippen LogP contribution in [0.1, 0.15) is 30.1 Å². The summed E-state index contributed by atoms with van der Waals surface area (Å²) in [7, 11) is 0. The summed E-state index contributed by atoms with van der Waals surface area (Å²) in [5, 5.41) is 11.9. The molecule has 2 aliphatic rings. The normalized spacial score (nSPS) is 19.4. The Morgan fingerprint density at radius 3 is 2.67 bits per heavy atom. The minimum absolute atomic E-state index is 0.550. The molecule has 4 heterocycles. The van der Waals surface area contributed by atoms with Crippen LogP contribution in [0.5, 0.6) is 0 Å². The second-order valence-corrected chi connectivity index (χ2v) is 5.86. The first-order chi connectivity index (χ1) is 10.4. The van der Waals surface area contributed by atoms with Crippen LogP contribution in [0.15, 0.2) is 24.5 Å². The lowest BCUT2D eigenvalue weighted by Crippen LogP contribution is -2.32. The quantitative estimate of drug-likeness (QED) is 0.877. The summed E-state index contributed by atoms with van der Waals surface area (Å²) < 4.78 is 2.33. The molecule has 0 spiro atoms. The second-order valence-electron chi connectivity index (χ2n) is 5.86. The number of piperidine rings is 1. The Bertz CT molecular complexity index is 613. The van der Waals surface area contributed by atoms with Crippen LogP contribution in [0.3, 0.4) is 0 Å². The molecule has 0 radical (unpaired) electrons. The highest BCUT2D eigenvalue weighted by Gasteiger charge is 2.26. The van der Waals surface area contributed by atoms with Crippen molar-refractivity contribution in [3.05, 3.63) is 35.8 Å². The molecule has 0 saturated carbocycles. The van der Waals surface area contributed by atoms with Crippen LogP contribution in [-0.4, -0.2) is 34.4 Å². The molecular formula is C16H21N5. The molecule has 2 aliphatic heterocycles. The summed E-state index contributed by atoms with van der Waals surface area (Å²) >= 11 is 0. The monoisotopic (exact) mass is 283 g/mol.